The molecule has 1 fully saturated rings. The first kappa shape index (κ1) is 18.2. The van der Waals surface area contributed by atoms with Gasteiger partial charge in [-0.05, 0) is 57.2 Å². The fourth-order valence-electron chi connectivity index (χ4n) is 3.31. The van der Waals surface area contributed by atoms with Gasteiger partial charge in [-0.2, -0.15) is 0 Å². The first-order valence-electron chi connectivity index (χ1n) is 8.36. The molecule has 2 rings (SSSR count). The molecule has 0 spiro atoms. The molecule has 1 aliphatic carbocycles. The molecular formula is C18H27ClN2O2. The van der Waals surface area contributed by atoms with Gasteiger partial charge in [0.05, 0.1) is 12.6 Å². The molecule has 0 saturated heterocycles. The molecule has 0 aromatic heterocycles. The van der Waals surface area contributed by atoms with E-state index in [9.17, 15) is 9.90 Å². The van der Waals surface area contributed by atoms with Crippen molar-refractivity contribution in [1.29, 1.82) is 0 Å². The molecule has 2 N–H and O–H groups in total. The quantitative estimate of drug-likeness (QED) is 0.838. The van der Waals surface area contributed by atoms with Crippen LogP contribution in [0.25, 0.3) is 0 Å². The molecule has 128 valence electrons. The first-order valence-corrected chi connectivity index (χ1v) is 8.74. The van der Waals surface area contributed by atoms with Crippen LogP contribution >= 0.6 is 11.6 Å². The Kier molecular flexibility index (Phi) is 6.88. The minimum Gasteiger partial charge on any atom is -0.396 e. The maximum absolute atomic E-state index is 12.3. The van der Waals surface area contributed by atoms with E-state index in [-0.39, 0.29) is 18.6 Å². The van der Waals surface area contributed by atoms with E-state index in [4.69, 9.17) is 11.6 Å². The normalized spacial score (nSPS) is 22.8. The highest BCUT2D eigenvalue weighted by molar-refractivity contribution is 6.31. The summed E-state index contributed by atoms with van der Waals surface area (Å²) in [6.45, 7) is 2.63. The summed E-state index contributed by atoms with van der Waals surface area (Å²) in [4.78, 5) is 14.4. The molecule has 0 aliphatic heterocycles. The smallest absolute Gasteiger partial charge is 0.234 e. The van der Waals surface area contributed by atoms with Crippen LogP contribution in [-0.4, -0.2) is 42.2 Å². The fraction of sp³-hybridized carbons (Fsp3) is 0.611. The Labute approximate surface area is 143 Å². The van der Waals surface area contributed by atoms with E-state index in [1.54, 1.807) is 0 Å². The van der Waals surface area contributed by atoms with Crippen molar-refractivity contribution in [1.82, 2.24) is 10.2 Å². The van der Waals surface area contributed by atoms with Crippen molar-refractivity contribution >= 4 is 17.5 Å². The zero-order chi connectivity index (χ0) is 16.8. The lowest BCUT2D eigenvalue weighted by molar-refractivity contribution is -0.123. The number of aliphatic hydroxyl groups excluding tert-OH is 1. The fourth-order valence-corrected chi connectivity index (χ4v) is 3.61. The van der Waals surface area contributed by atoms with Crippen molar-refractivity contribution in [2.75, 3.05) is 20.2 Å². The molecule has 23 heavy (non-hydrogen) atoms. The molecule has 1 atom stereocenters. The maximum Gasteiger partial charge on any atom is 0.234 e. The summed E-state index contributed by atoms with van der Waals surface area (Å²) < 4.78 is 0. The van der Waals surface area contributed by atoms with Crippen molar-refractivity contribution in [3.63, 3.8) is 0 Å². The van der Waals surface area contributed by atoms with Crippen LogP contribution in [0, 0.1) is 5.92 Å². The van der Waals surface area contributed by atoms with E-state index < -0.39 is 0 Å². The Bertz CT molecular complexity index is 515. The average molecular weight is 339 g/mol. The molecule has 4 nitrogen and oxygen atoms in total. The first-order chi connectivity index (χ1) is 11.0. The van der Waals surface area contributed by atoms with Gasteiger partial charge in [0.2, 0.25) is 5.91 Å². The summed E-state index contributed by atoms with van der Waals surface area (Å²) in [6, 6.07) is 7.92. The van der Waals surface area contributed by atoms with Gasteiger partial charge in [0.25, 0.3) is 0 Å². The van der Waals surface area contributed by atoms with Gasteiger partial charge in [0.15, 0.2) is 0 Å². The Balaban J connectivity index is 1.81. The lowest BCUT2D eigenvalue weighted by Crippen LogP contribution is -2.42. The third-order valence-corrected chi connectivity index (χ3v) is 5.18. The third kappa shape index (κ3) is 5.20. The molecule has 1 unspecified atom stereocenters. The van der Waals surface area contributed by atoms with Crippen LogP contribution in [-0.2, 0) is 4.79 Å². The predicted octanol–water partition coefficient (Wildman–Crippen LogP) is 3.00. The van der Waals surface area contributed by atoms with E-state index in [2.05, 4.69) is 10.2 Å². The maximum atomic E-state index is 12.3. The minimum atomic E-state index is -0.102. The van der Waals surface area contributed by atoms with E-state index in [1.165, 1.54) is 0 Å². The van der Waals surface area contributed by atoms with Crippen LogP contribution in [0.15, 0.2) is 24.3 Å². The number of carbonyl (C=O) groups excluding carboxylic acids is 1. The second kappa shape index (κ2) is 8.67. The zero-order valence-electron chi connectivity index (χ0n) is 14.0. The number of likely N-dealkylation sites (N-methyl/N-ethyl adjacent to an activating group) is 1. The summed E-state index contributed by atoms with van der Waals surface area (Å²) in [5, 5.41) is 12.9. The van der Waals surface area contributed by atoms with Gasteiger partial charge in [-0.25, -0.2) is 0 Å². The number of nitrogens with zero attached hydrogens (tertiary/aromatic N) is 1. The average Bonchev–Trinajstić information content (AvgIpc) is 2.55. The third-order valence-electron chi connectivity index (χ3n) is 4.84. The van der Waals surface area contributed by atoms with Gasteiger partial charge in [0.1, 0.15) is 0 Å². The van der Waals surface area contributed by atoms with Gasteiger partial charge in [-0.3, -0.25) is 9.69 Å². The summed E-state index contributed by atoms with van der Waals surface area (Å²) in [6.07, 6.45) is 4.19. The Morgan fingerprint density at radius 1 is 1.35 bits per heavy atom. The predicted molar refractivity (Wildman–Crippen MR) is 93.5 cm³/mol. The molecular weight excluding hydrogens is 312 g/mol. The van der Waals surface area contributed by atoms with E-state index in [0.29, 0.717) is 23.5 Å². The van der Waals surface area contributed by atoms with Crippen LogP contribution in [0.4, 0.5) is 0 Å². The minimum absolute atomic E-state index is 0.0178. The van der Waals surface area contributed by atoms with E-state index >= 15 is 0 Å². The van der Waals surface area contributed by atoms with E-state index in [1.807, 2.05) is 38.2 Å². The van der Waals surface area contributed by atoms with Crippen LogP contribution < -0.4 is 5.32 Å². The molecule has 1 aromatic carbocycles. The largest absolute Gasteiger partial charge is 0.396 e. The highest BCUT2D eigenvalue weighted by atomic mass is 35.5. The topological polar surface area (TPSA) is 52.6 Å². The lowest BCUT2D eigenvalue weighted by atomic mass is 9.86. The summed E-state index contributed by atoms with van der Waals surface area (Å²) in [5.41, 5.74) is 0.939. The van der Waals surface area contributed by atoms with Gasteiger partial charge in [-0.15, -0.1) is 0 Å². The summed E-state index contributed by atoms with van der Waals surface area (Å²) >= 11 is 6.18. The van der Waals surface area contributed by atoms with E-state index in [0.717, 1.165) is 31.2 Å². The molecule has 1 saturated carbocycles. The Morgan fingerprint density at radius 3 is 2.61 bits per heavy atom. The van der Waals surface area contributed by atoms with Crippen molar-refractivity contribution in [2.24, 2.45) is 5.92 Å². The number of hydrogen-bond acceptors (Lipinski definition) is 3. The van der Waals surface area contributed by atoms with Crippen LogP contribution in [0.2, 0.25) is 5.02 Å². The molecule has 1 amide bonds. The molecule has 0 radical (unpaired) electrons. The number of hydrogen-bond donors (Lipinski definition) is 2. The van der Waals surface area contributed by atoms with Gasteiger partial charge >= 0.3 is 0 Å². The van der Waals surface area contributed by atoms with Gasteiger partial charge in [-0.1, -0.05) is 29.8 Å². The van der Waals surface area contributed by atoms with Crippen LogP contribution in [0.5, 0.6) is 0 Å². The SMILES string of the molecule is CC(NC(=O)CN(C)C1CCC(CO)CC1)c1ccccc1Cl. The zero-order valence-corrected chi connectivity index (χ0v) is 14.7. The van der Waals surface area contributed by atoms with Crippen molar-refractivity contribution in [3.8, 4) is 0 Å². The summed E-state index contributed by atoms with van der Waals surface area (Å²) in [7, 11) is 2.00. The Morgan fingerprint density at radius 2 is 2.00 bits per heavy atom. The summed E-state index contributed by atoms with van der Waals surface area (Å²) in [5.74, 6) is 0.456. The number of rotatable bonds is 6. The lowest BCUT2D eigenvalue weighted by Gasteiger charge is -2.34. The molecule has 0 bridgehead atoms. The number of amides is 1. The molecule has 1 aliphatic rings. The number of carbonyl (C=O) groups is 1. The number of nitrogens with one attached hydrogen (secondary N) is 1. The van der Waals surface area contributed by atoms with Crippen molar-refractivity contribution in [2.45, 2.75) is 44.7 Å². The molecule has 0 heterocycles. The second-order valence-electron chi connectivity index (χ2n) is 6.58. The second-order valence-corrected chi connectivity index (χ2v) is 6.99. The van der Waals surface area contributed by atoms with Gasteiger partial charge in [0, 0.05) is 17.7 Å². The standard InChI is InChI=1S/C18H27ClN2O2/c1-13(16-5-3-4-6-17(16)19)20-18(23)11-21(2)15-9-7-14(12-22)8-10-15/h3-6,13-15,22H,7-12H2,1-2H3,(H,20,23). The van der Waals surface area contributed by atoms with Gasteiger partial charge < -0.3 is 10.4 Å². The molecule has 1 aromatic rings. The number of halogens is 1. The van der Waals surface area contributed by atoms with Crippen molar-refractivity contribution in [3.05, 3.63) is 34.9 Å². The highest BCUT2D eigenvalue weighted by Gasteiger charge is 2.25. The van der Waals surface area contributed by atoms with Crippen molar-refractivity contribution < 1.29 is 9.90 Å². The molecule has 5 heteroatoms. The monoisotopic (exact) mass is 338 g/mol. The van der Waals surface area contributed by atoms with Crippen LogP contribution in [0.1, 0.15) is 44.2 Å². The highest BCUT2D eigenvalue weighted by Crippen LogP contribution is 2.26. The van der Waals surface area contributed by atoms with Crippen LogP contribution in [0.3, 0.4) is 0 Å². The number of benzene rings is 1. The number of aliphatic hydroxyl groups is 1. The Hall–Kier alpha value is -1.10.